The summed E-state index contributed by atoms with van der Waals surface area (Å²) in [4.78, 5) is 14.5. The minimum Gasteiger partial charge on any atom is -0.480 e. The van der Waals surface area contributed by atoms with Gasteiger partial charge in [0.25, 0.3) is 0 Å². The van der Waals surface area contributed by atoms with Crippen LogP contribution in [0.4, 0.5) is 0 Å². The van der Waals surface area contributed by atoms with Gasteiger partial charge in [0.1, 0.15) is 5.54 Å². The van der Waals surface area contributed by atoms with Crippen LogP contribution in [0, 0.1) is 11.8 Å². The summed E-state index contributed by atoms with van der Waals surface area (Å²) in [6.45, 7) is 6.51. The quantitative estimate of drug-likeness (QED) is 0.722. The number of aliphatic carboxylic acids is 1. The molecule has 120 valence electrons. The SMILES string of the molecule is CC(C)NC1(C(=O)O)CCC(N(CC2CC2)CC2CC2)C1. The van der Waals surface area contributed by atoms with Gasteiger partial charge in [0.05, 0.1) is 0 Å². The van der Waals surface area contributed by atoms with E-state index in [2.05, 4.69) is 10.2 Å². The summed E-state index contributed by atoms with van der Waals surface area (Å²) < 4.78 is 0. The maximum absolute atomic E-state index is 11.8. The van der Waals surface area contributed by atoms with Crippen molar-refractivity contribution in [2.24, 2.45) is 11.8 Å². The molecule has 0 bridgehead atoms. The Morgan fingerprint density at radius 3 is 2.19 bits per heavy atom. The van der Waals surface area contributed by atoms with E-state index < -0.39 is 11.5 Å². The molecule has 0 saturated heterocycles. The Kier molecular flexibility index (Phi) is 4.28. The summed E-state index contributed by atoms with van der Waals surface area (Å²) >= 11 is 0. The first-order chi connectivity index (χ1) is 9.98. The molecule has 21 heavy (non-hydrogen) atoms. The van der Waals surface area contributed by atoms with Crippen LogP contribution in [0.15, 0.2) is 0 Å². The highest BCUT2D eigenvalue weighted by molar-refractivity contribution is 5.79. The predicted octanol–water partition coefficient (Wildman–Crippen LogP) is 2.48. The second-order valence-corrected chi connectivity index (χ2v) is 7.92. The van der Waals surface area contributed by atoms with Gasteiger partial charge in [-0.1, -0.05) is 0 Å². The van der Waals surface area contributed by atoms with Crippen molar-refractivity contribution in [3.05, 3.63) is 0 Å². The van der Waals surface area contributed by atoms with Gasteiger partial charge in [-0.15, -0.1) is 0 Å². The molecule has 0 aromatic carbocycles. The number of nitrogens with one attached hydrogen (secondary N) is 1. The summed E-state index contributed by atoms with van der Waals surface area (Å²) in [6, 6.07) is 0.689. The minimum atomic E-state index is -0.690. The number of carboxylic acids is 1. The van der Waals surface area contributed by atoms with Gasteiger partial charge in [-0.3, -0.25) is 15.0 Å². The van der Waals surface area contributed by atoms with Crippen LogP contribution in [-0.2, 0) is 4.79 Å². The fraction of sp³-hybridized carbons (Fsp3) is 0.941. The normalized spacial score (nSPS) is 33.0. The highest BCUT2D eigenvalue weighted by Crippen LogP contribution is 2.39. The monoisotopic (exact) mass is 294 g/mol. The van der Waals surface area contributed by atoms with E-state index in [9.17, 15) is 9.90 Å². The van der Waals surface area contributed by atoms with Crippen molar-refractivity contribution in [3.63, 3.8) is 0 Å². The molecule has 4 nitrogen and oxygen atoms in total. The standard InChI is InChI=1S/C17H30N2O2/c1-12(2)18-17(16(20)21)8-7-15(9-17)19(10-13-3-4-13)11-14-5-6-14/h12-15,18H,3-11H2,1-2H3,(H,20,21). The molecule has 0 aromatic heterocycles. The lowest BCUT2D eigenvalue weighted by atomic mass is 9.96. The van der Waals surface area contributed by atoms with E-state index >= 15 is 0 Å². The molecular formula is C17H30N2O2. The summed E-state index contributed by atoms with van der Waals surface area (Å²) in [7, 11) is 0. The molecule has 2 unspecified atom stereocenters. The van der Waals surface area contributed by atoms with Crippen molar-refractivity contribution in [2.75, 3.05) is 13.1 Å². The van der Waals surface area contributed by atoms with Gasteiger partial charge in [0.15, 0.2) is 0 Å². The molecule has 3 saturated carbocycles. The van der Waals surface area contributed by atoms with Crippen LogP contribution in [0.2, 0.25) is 0 Å². The zero-order chi connectivity index (χ0) is 15.0. The van der Waals surface area contributed by atoms with Gasteiger partial charge in [0, 0.05) is 25.2 Å². The van der Waals surface area contributed by atoms with Crippen molar-refractivity contribution >= 4 is 5.97 Å². The van der Waals surface area contributed by atoms with Crippen molar-refractivity contribution in [1.82, 2.24) is 10.2 Å². The fourth-order valence-electron chi connectivity index (χ4n) is 3.91. The van der Waals surface area contributed by atoms with Crippen molar-refractivity contribution in [1.29, 1.82) is 0 Å². The Hall–Kier alpha value is -0.610. The molecule has 3 rings (SSSR count). The zero-order valence-corrected chi connectivity index (χ0v) is 13.5. The van der Waals surface area contributed by atoms with Gasteiger partial charge in [-0.25, -0.2) is 0 Å². The number of rotatable bonds is 8. The number of hydrogen-bond donors (Lipinski definition) is 2. The summed E-state index contributed by atoms with van der Waals surface area (Å²) in [5.41, 5.74) is -0.690. The molecule has 0 amide bonds. The lowest BCUT2D eigenvalue weighted by molar-refractivity contribution is -0.145. The molecule has 2 atom stereocenters. The van der Waals surface area contributed by atoms with E-state index in [-0.39, 0.29) is 6.04 Å². The number of carbonyl (C=O) groups is 1. The Labute approximate surface area is 128 Å². The molecule has 0 aromatic rings. The maximum Gasteiger partial charge on any atom is 0.323 e. The molecule has 0 spiro atoms. The Morgan fingerprint density at radius 2 is 1.76 bits per heavy atom. The van der Waals surface area contributed by atoms with E-state index in [0.717, 1.165) is 31.1 Å². The number of hydrogen-bond acceptors (Lipinski definition) is 3. The molecule has 0 radical (unpaired) electrons. The molecule has 0 aliphatic heterocycles. The van der Waals surface area contributed by atoms with Crippen molar-refractivity contribution < 1.29 is 9.90 Å². The Balaban J connectivity index is 1.65. The van der Waals surface area contributed by atoms with Gasteiger partial charge < -0.3 is 5.11 Å². The summed E-state index contributed by atoms with van der Waals surface area (Å²) in [5, 5.41) is 13.1. The third-order valence-electron chi connectivity index (χ3n) is 5.36. The van der Waals surface area contributed by atoms with Crippen LogP contribution in [0.1, 0.15) is 58.8 Å². The highest BCUT2D eigenvalue weighted by Gasteiger charge is 2.48. The molecule has 3 aliphatic rings. The lowest BCUT2D eigenvalue weighted by Gasteiger charge is -2.32. The minimum absolute atomic E-state index is 0.222. The van der Waals surface area contributed by atoms with E-state index in [1.54, 1.807) is 0 Å². The van der Waals surface area contributed by atoms with Gasteiger partial charge >= 0.3 is 5.97 Å². The molecule has 4 heteroatoms. The van der Waals surface area contributed by atoms with Gasteiger partial charge in [-0.2, -0.15) is 0 Å². The molecule has 0 heterocycles. The smallest absolute Gasteiger partial charge is 0.323 e. The first-order valence-corrected chi connectivity index (χ1v) is 8.73. The van der Waals surface area contributed by atoms with Gasteiger partial charge in [0.2, 0.25) is 0 Å². The molecule has 3 fully saturated rings. The van der Waals surface area contributed by atoms with E-state index in [1.807, 2.05) is 13.8 Å². The van der Waals surface area contributed by atoms with Crippen LogP contribution in [0.3, 0.4) is 0 Å². The first-order valence-electron chi connectivity index (χ1n) is 8.73. The van der Waals surface area contributed by atoms with Crippen LogP contribution in [0.25, 0.3) is 0 Å². The second-order valence-electron chi connectivity index (χ2n) is 7.92. The average molecular weight is 294 g/mol. The van der Waals surface area contributed by atoms with Crippen molar-refractivity contribution in [3.8, 4) is 0 Å². The van der Waals surface area contributed by atoms with Crippen LogP contribution < -0.4 is 5.32 Å². The number of nitrogens with zero attached hydrogens (tertiary/aromatic N) is 1. The zero-order valence-electron chi connectivity index (χ0n) is 13.5. The van der Waals surface area contributed by atoms with Crippen LogP contribution >= 0.6 is 0 Å². The Morgan fingerprint density at radius 1 is 1.19 bits per heavy atom. The van der Waals surface area contributed by atoms with E-state index in [4.69, 9.17) is 0 Å². The van der Waals surface area contributed by atoms with Gasteiger partial charge in [-0.05, 0) is 70.6 Å². The third kappa shape index (κ3) is 3.78. The average Bonchev–Trinajstić information content (AvgIpc) is 3.31. The second kappa shape index (κ2) is 5.88. The topological polar surface area (TPSA) is 52.6 Å². The highest BCUT2D eigenvalue weighted by atomic mass is 16.4. The van der Waals surface area contributed by atoms with Crippen molar-refractivity contribution in [2.45, 2.75) is 76.4 Å². The number of carboxylic acid groups (broad SMARTS) is 1. The largest absolute Gasteiger partial charge is 0.480 e. The van der Waals surface area contributed by atoms with E-state index in [0.29, 0.717) is 6.04 Å². The maximum atomic E-state index is 11.8. The lowest BCUT2D eigenvalue weighted by Crippen LogP contribution is -2.54. The first kappa shape index (κ1) is 15.3. The summed E-state index contributed by atoms with van der Waals surface area (Å²) in [6.07, 6.45) is 8.09. The molecule has 2 N–H and O–H groups in total. The van der Waals surface area contributed by atoms with E-state index in [1.165, 1.54) is 38.8 Å². The third-order valence-corrected chi connectivity index (χ3v) is 5.36. The molecular weight excluding hydrogens is 264 g/mol. The predicted molar refractivity (Wildman–Crippen MR) is 83.3 cm³/mol. The Bertz CT molecular complexity index is 376. The molecule has 3 aliphatic carbocycles. The fourth-order valence-corrected chi connectivity index (χ4v) is 3.91. The van der Waals surface area contributed by atoms with Crippen LogP contribution in [-0.4, -0.2) is 46.7 Å². The van der Waals surface area contributed by atoms with Crippen LogP contribution in [0.5, 0.6) is 0 Å². The summed E-state index contributed by atoms with van der Waals surface area (Å²) in [5.74, 6) is 1.12.